The number of piperazine rings is 1. The first-order chi connectivity index (χ1) is 5.24. The van der Waals surface area contributed by atoms with E-state index in [1.165, 1.54) is 0 Å². The third-order valence-corrected chi connectivity index (χ3v) is 2.23. The number of likely N-dealkylation sites (N-methyl/N-ethyl adjacent to an activating group) is 1. The molecule has 0 aliphatic carbocycles. The van der Waals surface area contributed by atoms with Crippen molar-refractivity contribution in [3.05, 3.63) is 0 Å². The van der Waals surface area contributed by atoms with Gasteiger partial charge in [0.15, 0.2) is 0 Å². The van der Waals surface area contributed by atoms with Crippen molar-refractivity contribution in [2.24, 2.45) is 11.6 Å². The Morgan fingerprint density at radius 3 is 2.82 bits per heavy atom. The molecule has 0 bridgehead atoms. The van der Waals surface area contributed by atoms with Gasteiger partial charge in [0.1, 0.15) is 0 Å². The van der Waals surface area contributed by atoms with Crippen LogP contribution < -0.4 is 11.6 Å². The lowest BCUT2D eigenvalue weighted by atomic mass is 10.1. The van der Waals surface area contributed by atoms with Gasteiger partial charge in [0, 0.05) is 25.7 Å². The molecule has 1 aliphatic heterocycles. The topological polar surface area (TPSA) is 58.5 Å². The minimum absolute atomic E-state index is 0.457. The summed E-state index contributed by atoms with van der Waals surface area (Å²) < 4.78 is 0. The Labute approximate surface area is 68.1 Å². The number of hydrogen-bond donors (Lipinski definition) is 2. The summed E-state index contributed by atoms with van der Waals surface area (Å²) in [6.45, 7) is 3.80. The van der Waals surface area contributed by atoms with E-state index in [2.05, 4.69) is 11.9 Å². The zero-order valence-corrected chi connectivity index (χ0v) is 7.16. The predicted molar refractivity (Wildman–Crippen MR) is 45.8 cm³/mol. The SMILES string of the molecule is CN1CCN(N)C(CCN)C1. The Hall–Kier alpha value is -0.160. The summed E-state index contributed by atoms with van der Waals surface area (Å²) in [6.07, 6.45) is 1.00. The Morgan fingerprint density at radius 2 is 2.18 bits per heavy atom. The van der Waals surface area contributed by atoms with Gasteiger partial charge in [-0.1, -0.05) is 0 Å². The number of hydrazine groups is 1. The molecule has 4 heteroatoms. The van der Waals surface area contributed by atoms with E-state index in [0.717, 1.165) is 32.6 Å². The molecule has 0 radical (unpaired) electrons. The Balaban J connectivity index is 2.34. The second-order valence-corrected chi connectivity index (χ2v) is 3.23. The van der Waals surface area contributed by atoms with Crippen molar-refractivity contribution in [2.75, 3.05) is 33.2 Å². The van der Waals surface area contributed by atoms with Crippen molar-refractivity contribution >= 4 is 0 Å². The number of nitrogens with two attached hydrogens (primary N) is 2. The van der Waals surface area contributed by atoms with Crippen molar-refractivity contribution < 1.29 is 0 Å². The van der Waals surface area contributed by atoms with Gasteiger partial charge in [-0.15, -0.1) is 0 Å². The molecular formula is C7H18N4. The highest BCUT2D eigenvalue weighted by Gasteiger charge is 2.21. The summed E-state index contributed by atoms with van der Waals surface area (Å²) in [5.41, 5.74) is 5.47. The van der Waals surface area contributed by atoms with Crippen LogP contribution in [0.1, 0.15) is 6.42 Å². The summed E-state index contributed by atoms with van der Waals surface area (Å²) in [7, 11) is 2.12. The van der Waals surface area contributed by atoms with Gasteiger partial charge in [-0.25, -0.2) is 5.01 Å². The maximum Gasteiger partial charge on any atom is 0.0380 e. The smallest absolute Gasteiger partial charge is 0.0380 e. The van der Waals surface area contributed by atoms with E-state index in [1.807, 2.05) is 5.01 Å². The summed E-state index contributed by atoms with van der Waals surface area (Å²) in [5.74, 6) is 5.78. The molecule has 66 valence electrons. The predicted octanol–water partition coefficient (Wildman–Crippen LogP) is -1.18. The summed E-state index contributed by atoms with van der Waals surface area (Å²) in [5, 5.41) is 1.91. The molecule has 1 unspecified atom stereocenters. The highest BCUT2D eigenvalue weighted by atomic mass is 15.5. The molecule has 0 aromatic carbocycles. The van der Waals surface area contributed by atoms with E-state index >= 15 is 0 Å². The Morgan fingerprint density at radius 1 is 1.45 bits per heavy atom. The molecule has 4 nitrogen and oxygen atoms in total. The molecule has 1 fully saturated rings. The molecule has 0 aromatic heterocycles. The van der Waals surface area contributed by atoms with Crippen LogP contribution in [0.25, 0.3) is 0 Å². The number of nitrogens with zero attached hydrogens (tertiary/aromatic N) is 2. The van der Waals surface area contributed by atoms with Gasteiger partial charge >= 0.3 is 0 Å². The van der Waals surface area contributed by atoms with E-state index in [4.69, 9.17) is 11.6 Å². The molecule has 1 heterocycles. The fourth-order valence-electron chi connectivity index (χ4n) is 1.47. The number of hydrogen-bond acceptors (Lipinski definition) is 4. The monoisotopic (exact) mass is 158 g/mol. The fraction of sp³-hybridized carbons (Fsp3) is 1.00. The summed E-state index contributed by atoms with van der Waals surface area (Å²) in [6, 6.07) is 0.457. The van der Waals surface area contributed by atoms with Gasteiger partial charge in [-0.3, -0.25) is 5.84 Å². The van der Waals surface area contributed by atoms with Crippen LogP contribution >= 0.6 is 0 Å². The van der Waals surface area contributed by atoms with Crippen LogP contribution in [-0.4, -0.2) is 49.2 Å². The van der Waals surface area contributed by atoms with Crippen LogP contribution in [0.4, 0.5) is 0 Å². The fourth-order valence-corrected chi connectivity index (χ4v) is 1.47. The van der Waals surface area contributed by atoms with Crippen LogP contribution in [0.3, 0.4) is 0 Å². The normalized spacial score (nSPS) is 29.2. The molecule has 4 N–H and O–H groups in total. The molecule has 0 spiro atoms. The van der Waals surface area contributed by atoms with Gasteiger partial charge in [-0.2, -0.15) is 0 Å². The van der Waals surface area contributed by atoms with E-state index in [0.29, 0.717) is 6.04 Å². The minimum atomic E-state index is 0.457. The van der Waals surface area contributed by atoms with E-state index < -0.39 is 0 Å². The zero-order chi connectivity index (χ0) is 8.27. The molecule has 11 heavy (non-hydrogen) atoms. The lowest BCUT2D eigenvalue weighted by molar-refractivity contribution is 0.0867. The molecule has 0 saturated carbocycles. The quantitative estimate of drug-likeness (QED) is 0.497. The zero-order valence-electron chi connectivity index (χ0n) is 7.16. The van der Waals surface area contributed by atoms with Gasteiger partial charge in [0.2, 0.25) is 0 Å². The standard InChI is InChI=1S/C7H18N4/c1-10-4-5-11(9)7(6-10)2-3-8/h7H,2-6,8-9H2,1H3. The third kappa shape index (κ3) is 2.41. The summed E-state index contributed by atoms with van der Waals surface area (Å²) >= 11 is 0. The first-order valence-electron chi connectivity index (χ1n) is 4.14. The maximum absolute atomic E-state index is 5.78. The maximum atomic E-state index is 5.78. The van der Waals surface area contributed by atoms with Crippen LogP contribution in [-0.2, 0) is 0 Å². The average molecular weight is 158 g/mol. The highest BCUT2D eigenvalue weighted by molar-refractivity contribution is 4.77. The molecule has 1 aliphatic rings. The first kappa shape index (κ1) is 8.93. The molecule has 0 aromatic rings. The van der Waals surface area contributed by atoms with Crippen LogP contribution in [0, 0.1) is 0 Å². The van der Waals surface area contributed by atoms with Gasteiger partial charge in [0.05, 0.1) is 0 Å². The van der Waals surface area contributed by atoms with Crippen molar-refractivity contribution in [1.82, 2.24) is 9.91 Å². The molecule has 0 amide bonds. The Kier molecular flexibility index (Phi) is 3.26. The molecular weight excluding hydrogens is 140 g/mol. The van der Waals surface area contributed by atoms with Crippen molar-refractivity contribution in [3.63, 3.8) is 0 Å². The van der Waals surface area contributed by atoms with Crippen molar-refractivity contribution in [2.45, 2.75) is 12.5 Å². The molecule has 1 rings (SSSR count). The molecule has 1 atom stereocenters. The first-order valence-corrected chi connectivity index (χ1v) is 4.14. The van der Waals surface area contributed by atoms with Gasteiger partial charge < -0.3 is 10.6 Å². The van der Waals surface area contributed by atoms with Crippen LogP contribution in [0.15, 0.2) is 0 Å². The lowest BCUT2D eigenvalue weighted by Gasteiger charge is -2.36. The highest BCUT2D eigenvalue weighted by Crippen LogP contribution is 2.06. The van der Waals surface area contributed by atoms with Crippen molar-refractivity contribution in [3.8, 4) is 0 Å². The third-order valence-electron chi connectivity index (χ3n) is 2.23. The largest absolute Gasteiger partial charge is 0.330 e. The van der Waals surface area contributed by atoms with E-state index in [9.17, 15) is 0 Å². The summed E-state index contributed by atoms with van der Waals surface area (Å²) in [4.78, 5) is 2.30. The molecule has 1 saturated heterocycles. The average Bonchev–Trinajstić information content (AvgIpc) is 1.98. The van der Waals surface area contributed by atoms with Crippen LogP contribution in [0.5, 0.6) is 0 Å². The van der Waals surface area contributed by atoms with Crippen LogP contribution in [0.2, 0.25) is 0 Å². The lowest BCUT2D eigenvalue weighted by Crippen LogP contribution is -2.55. The second-order valence-electron chi connectivity index (χ2n) is 3.23. The van der Waals surface area contributed by atoms with Gasteiger partial charge in [-0.05, 0) is 20.0 Å². The van der Waals surface area contributed by atoms with E-state index in [-0.39, 0.29) is 0 Å². The number of rotatable bonds is 2. The Bertz CT molecular complexity index is 117. The van der Waals surface area contributed by atoms with Crippen molar-refractivity contribution in [1.29, 1.82) is 0 Å². The second kappa shape index (κ2) is 4.01. The van der Waals surface area contributed by atoms with Gasteiger partial charge in [0.25, 0.3) is 0 Å². The minimum Gasteiger partial charge on any atom is -0.330 e. The van der Waals surface area contributed by atoms with E-state index in [1.54, 1.807) is 0 Å².